The van der Waals surface area contributed by atoms with Gasteiger partial charge in [-0.15, -0.1) is 0 Å². The molecule has 0 aliphatic heterocycles. The quantitative estimate of drug-likeness (QED) is 0.769. The van der Waals surface area contributed by atoms with Gasteiger partial charge in [0.15, 0.2) is 18.9 Å². The standard InChI is InChI=1S/C18H22N2O.BrH/c1-14(2)16-4-6-17(7-5-16)19-18(21)10-13-20-11-8-15(3)9-12-20;/h4-9,11-12,14H,10,13H2,1-3H3;1H. The summed E-state index contributed by atoms with van der Waals surface area (Å²) in [5, 5.41) is 2.94. The zero-order valence-corrected chi connectivity index (χ0v) is 14.9. The average molecular weight is 363 g/mol. The highest BCUT2D eigenvalue weighted by Crippen LogP contribution is 2.17. The number of nitrogens with one attached hydrogen (secondary N) is 1. The molecule has 0 saturated heterocycles. The lowest BCUT2D eigenvalue weighted by molar-refractivity contribution is -0.695. The predicted octanol–water partition coefficient (Wildman–Crippen LogP) is 0.439. The molecule has 0 unspecified atom stereocenters. The molecule has 1 aromatic carbocycles. The third kappa shape index (κ3) is 5.60. The summed E-state index contributed by atoms with van der Waals surface area (Å²) >= 11 is 0. The first-order valence-electron chi connectivity index (χ1n) is 7.40. The first-order chi connectivity index (χ1) is 10.0. The fourth-order valence-corrected chi connectivity index (χ4v) is 2.09. The zero-order chi connectivity index (χ0) is 15.2. The monoisotopic (exact) mass is 362 g/mol. The fourth-order valence-electron chi connectivity index (χ4n) is 2.09. The second kappa shape index (κ2) is 8.69. The lowest BCUT2D eigenvalue weighted by atomic mass is 10.0. The number of hydrogen-bond acceptors (Lipinski definition) is 1. The van der Waals surface area contributed by atoms with Crippen LogP contribution in [0.15, 0.2) is 48.8 Å². The van der Waals surface area contributed by atoms with E-state index in [2.05, 4.69) is 38.2 Å². The second-order valence-electron chi connectivity index (χ2n) is 5.69. The number of anilines is 1. The molecular formula is C18H23BrN2O. The van der Waals surface area contributed by atoms with Gasteiger partial charge in [-0.25, -0.2) is 4.57 Å². The van der Waals surface area contributed by atoms with Crippen molar-refractivity contribution in [2.45, 2.75) is 39.7 Å². The first kappa shape index (κ1) is 18.4. The third-order valence-corrected chi connectivity index (χ3v) is 3.52. The van der Waals surface area contributed by atoms with Crippen LogP contribution in [0.3, 0.4) is 0 Å². The number of aromatic nitrogens is 1. The highest BCUT2D eigenvalue weighted by Gasteiger charge is 2.07. The molecule has 0 saturated carbocycles. The molecule has 1 heterocycles. The molecule has 1 N–H and O–H groups in total. The molecule has 0 fully saturated rings. The van der Waals surface area contributed by atoms with Crippen molar-refractivity contribution in [1.82, 2.24) is 0 Å². The Hall–Kier alpha value is -1.68. The molecule has 1 aromatic heterocycles. The van der Waals surface area contributed by atoms with Gasteiger partial charge in [-0.2, -0.15) is 0 Å². The highest BCUT2D eigenvalue weighted by molar-refractivity contribution is 5.90. The second-order valence-corrected chi connectivity index (χ2v) is 5.69. The van der Waals surface area contributed by atoms with Gasteiger partial charge in [-0.1, -0.05) is 26.0 Å². The summed E-state index contributed by atoms with van der Waals surface area (Å²) in [6.07, 6.45) is 4.47. The molecule has 2 aromatic rings. The van der Waals surface area contributed by atoms with Crippen LogP contribution >= 0.6 is 0 Å². The third-order valence-electron chi connectivity index (χ3n) is 3.52. The predicted molar refractivity (Wildman–Crippen MR) is 85.2 cm³/mol. The largest absolute Gasteiger partial charge is 1.00 e. The van der Waals surface area contributed by atoms with E-state index < -0.39 is 0 Å². The minimum atomic E-state index is 0. The van der Waals surface area contributed by atoms with Gasteiger partial charge in [-0.3, -0.25) is 4.79 Å². The van der Waals surface area contributed by atoms with Crippen LogP contribution in [0.5, 0.6) is 0 Å². The Bertz CT molecular complexity index is 591. The number of hydrogen-bond donors (Lipinski definition) is 1. The number of nitrogens with zero attached hydrogens (tertiary/aromatic N) is 1. The van der Waals surface area contributed by atoms with Crippen molar-refractivity contribution in [3.05, 3.63) is 59.9 Å². The number of benzene rings is 1. The fraction of sp³-hybridized carbons (Fsp3) is 0.333. The zero-order valence-electron chi connectivity index (χ0n) is 13.3. The minimum absolute atomic E-state index is 0. The van der Waals surface area contributed by atoms with E-state index in [1.807, 2.05) is 41.2 Å². The van der Waals surface area contributed by atoms with Crippen LogP contribution in [0.1, 0.15) is 37.3 Å². The van der Waals surface area contributed by atoms with Crippen LogP contribution in [0, 0.1) is 6.92 Å². The van der Waals surface area contributed by atoms with Gasteiger partial charge in [0.25, 0.3) is 0 Å². The molecule has 0 spiro atoms. The van der Waals surface area contributed by atoms with Crippen LogP contribution in [0.4, 0.5) is 5.69 Å². The van der Waals surface area contributed by atoms with Crippen molar-refractivity contribution < 1.29 is 26.3 Å². The molecule has 1 amide bonds. The molecule has 0 radical (unpaired) electrons. The summed E-state index contributed by atoms with van der Waals surface area (Å²) in [7, 11) is 0. The summed E-state index contributed by atoms with van der Waals surface area (Å²) in [4.78, 5) is 11.9. The Morgan fingerprint density at radius 2 is 1.68 bits per heavy atom. The van der Waals surface area contributed by atoms with Gasteiger partial charge in [-0.05, 0) is 36.1 Å². The van der Waals surface area contributed by atoms with Crippen LogP contribution in [0.25, 0.3) is 0 Å². The van der Waals surface area contributed by atoms with E-state index in [1.54, 1.807) is 0 Å². The van der Waals surface area contributed by atoms with Crippen LogP contribution < -0.4 is 26.9 Å². The van der Waals surface area contributed by atoms with E-state index in [-0.39, 0.29) is 22.9 Å². The van der Waals surface area contributed by atoms with Gasteiger partial charge in [0.1, 0.15) is 0 Å². The average Bonchev–Trinajstić information content (AvgIpc) is 2.47. The van der Waals surface area contributed by atoms with Crippen LogP contribution in [-0.2, 0) is 11.3 Å². The summed E-state index contributed by atoms with van der Waals surface area (Å²) in [5.41, 5.74) is 3.36. The van der Waals surface area contributed by atoms with E-state index in [4.69, 9.17) is 0 Å². The molecule has 0 aliphatic rings. The van der Waals surface area contributed by atoms with Crippen molar-refractivity contribution >= 4 is 11.6 Å². The Morgan fingerprint density at radius 3 is 2.23 bits per heavy atom. The van der Waals surface area contributed by atoms with Gasteiger partial charge in [0.2, 0.25) is 5.91 Å². The Labute approximate surface area is 143 Å². The van der Waals surface area contributed by atoms with Crippen molar-refractivity contribution in [1.29, 1.82) is 0 Å². The summed E-state index contributed by atoms with van der Waals surface area (Å²) in [6, 6.07) is 12.1. The lowest BCUT2D eigenvalue weighted by Gasteiger charge is -2.08. The number of pyridine rings is 1. The topological polar surface area (TPSA) is 33.0 Å². The van der Waals surface area contributed by atoms with Crippen molar-refractivity contribution in [3.8, 4) is 0 Å². The number of carbonyl (C=O) groups is 1. The smallest absolute Gasteiger partial charge is 0.230 e. The van der Waals surface area contributed by atoms with Gasteiger partial charge >= 0.3 is 0 Å². The van der Waals surface area contributed by atoms with Crippen molar-refractivity contribution in [2.75, 3.05) is 5.32 Å². The summed E-state index contributed by atoms with van der Waals surface area (Å²) < 4.78 is 2.02. The molecule has 0 bridgehead atoms. The van der Waals surface area contributed by atoms with E-state index in [0.29, 0.717) is 18.9 Å². The molecule has 3 nitrogen and oxygen atoms in total. The SMILES string of the molecule is Cc1cc[n+](CCC(=O)Nc2ccc(C(C)C)cc2)cc1.[Br-]. The molecule has 0 aliphatic carbocycles. The minimum Gasteiger partial charge on any atom is -1.00 e. The van der Waals surface area contributed by atoms with Crippen LogP contribution in [-0.4, -0.2) is 5.91 Å². The lowest BCUT2D eigenvalue weighted by Crippen LogP contribution is -3.00. The van der Waals surface area contributed by atoms with E-state index in [1.165, 1.54) is 11.1 Å². The Balaban J connectivity index is 0.00000242. The number of aryl methyl sites for hydroxylation is 2. The maximum atomic E-state index is 11.9. The molecule has 2 rings (SSSR count). The van der Waals surface area contributed by atoms with Crippen molar-refractivity contribution in [2.24, 2.45) is 0 Å². The van der Waals surface area contributed by atoms with Gasteiger partial charge < -0.3 is 22.3 Å². The van der Waals surface area contributed by atoms with Crippen LogP contribution in [0.2, 0.25) is 0 Å². The van der Waals surface area contributed by atoms with Gasteiger partial charge in [0, 0.05) is 17.8 Å². The number of carbonyl (C=O) groups excluding carboxylic acids is 1. The normalized spacial score (nSPS) is 10.2. The van der Waals surface area contributed by atoms with E-state index >= 15 is 0 Å². The number of amides is 1. The maximum Gasteiger partial charge on any atom is 0.230 e. The summed E-state index contributed by atoms with van der Waals surface area (Å²) in [6.45, 7) is 7.06. The Morgan fingerprint density at radius 1 is 1.09 bits per heavy atom. The Kier molecular flexibility index (Phi) is 7.25. The first-order valence-corrected chi connectivity index (χ1v) is 7.40. The molecule has 4 heteroatoms. The van der Waals surface area contributed by atoms with E-state index in [0.717, 1.165) is 5.69 Å². The van der Waals surface area contributed by atoms with E-state index in [9.17, 15) is 4.79 Å². The number of halogens is 1. The molecular weight excluding hydrogens is 340 g/mol. The van der Waals surface area contributed by atoms with Crippen molar-refractivity contribution in [3.63, 3.8) is 0 Å². The molecule has 22 heavy (non-hydrogen) atoms. The maximum absolute atomic E-state index is 11.9. The number of rotatable bonds is 5. The van der Waals surface area contributed by atoms with Gasteiger partial charge in [0.05, 0.1) is 6.42 Å². The molecule has 0 atom stereocenters. The molecule has 118 valence electrons. The summed E-state index contributed by atoms with van der Waals surface area (Å²) in [5.74, 6) is 0.549. The highest BCUT2D eigenvalue weighted by atomic mass is 79.9.